The van der Waals surface area contributed by atoms with Crippen molar-refractivity contribution in [1.29, 1.82) is 0 Å². The van der Waals surface area contributed by atoms with E-state index in [4.69, 9.17) is 11.6 Å². The van der Waals surface area contributed by atoms with Gasteiger partial charge in [-0.25, -0.2) is 9.18 Å². The van der Waals surface area contributed by atoms with Gasteiger partial charge >= 0.3 is 5.97 Å². The van der Waals surface area contributed by atoms with E-state index in [-0.39, 0.29) is 10.7 Å². The summed E-state index contributed by atoms with van der Waals surface area (Å²) >= 11 is 6.35. The second-order valence-corrected chi connectivity index (χ2v) is 7.36. The monoisotopic (exact) mass is 386 g/mol. The maximum absolute atomic E-state index is 14.3. The van der Waals surface area contributed by atoms with Crippen molar-refractivity contribution in [3.63, 3.8) is 0 Å². The van der Waals surface area contributed by atoms with Gasteiger partial charge in [0.2, 0.25) is 0 Å². The summed E-state index contributed by atoms with van der Waals surface area (Å²) in [5.41, 5.74) is 2.99. The van der Waals surface area contributed by atoms with Gasteiger partial charge in [0.15, 0.2) is 5.69 Å². The quantitative estimate of drug-likeness (QED) is 0.653. The summed E-state index contributed by atoms with van der Waals surface area (Å²) in [5, 5.41) is 10.5. The van der Waals surface area contributed by atoms with Gasteiger partial charge in [-0.1, -0.05) is 23.7 Å². The van der Waals surface area contributed by atoms with Gasteiger partial charge in [0.1, 0.15) is 5.82 Å². The van der Waals surface area contributed by atoms with Crippen molar-refractivity contribution in [1.82, 2.24) is 4.57 Å². The molecule has 0 radical (unpaired) electrons. The molecule has 0 amide bonds. The van der Waals surface area contributed by atoms with E-state index in [1.807, 2.05) is 36.1 Å². The number of carboxylic acids is 1. The molecule has 0 atom stereocenters. The van der Waals surface area contributed by atoms with E-state index in [9.17, 15) is 14.3 Å². The van der Waals surface area contributed by atoms with Gasteiger partial charge in [-0.05, 0) is 56.0 Å². The van der Waals surface area contributed by atoms with Gasteiger partial charge in [-0.15, -0.1) is 0 Å². The fourth-order valence-corrected chi connectivity index (χ4v) is 4.20. The van der Waals surface area contributed by atoms with Crippen LogP contribution in [-0.2, 0) is 0 Å². The fourth-order valence-electron chi connectivity index (χ4n) is 3.95. The second-order valence-electron chi connectivity index (χ2n) is 6.98. The van der Waals surface area contributed by atoms with Gasteiger partial charge in [0, 0.05) is 24.2 Å². The van der Waals surface area contributed by atoms with Crippen molar-refractivity contribution in [3.8, 4) is 5.69 Å². The molecular formula is C21H20ClFN2O2. The highest BCUT2D eigenvalue weighted by Gasteiger charge is 2.30. The Hall–Kier alpha value is -2.53. The summed E-state index contributed by atoms with van der Waals surface area (Å²) in [6, 6.07) is 10.5. The highest BCUT2D eigenvalue weighted by atomic mass is 35.5. The first-order valence-corrected chi connectivity index (χ1v) is 9.44. The van der Waals surface area contributed by atoms with E-state index in [1.54, 1.807) is 10.6 Å². The first kappa shape index (κ1) is 17.9. The van der Waals surface area contributed by atoms with Crippen LogP contribution in [0.25, 0.3) is 16.6 Å². The third-order valence-corrected chi connectivity index (χ3v) is 5.50. The minimum Gasteiger partial charge on any atom is -0.476 e. The second kappa shape index (κ2) is 6.89. The molecule has 2 heterocycles. The third kappa shape index (κ3) is 2.96. The number of carbonyl (C=O) groups is 1. The molecule has 1 saturated heterocycles. The fraction of sp³-hybridized carbons (Fsp3) is 0.286. The van der Waals surface area contributed by atoms with Crippen molar-refractivity contribution in [2.24, 2.45) is 0 Å². The Balaban J connectivity index is 2.12. The van der Waals surface area contributed by atoms with E-state index in [0.717, 1.165) is 43.6 Å². The molecule has 6 heteroatoms. The maximum atomic E-state index is 14.3. The molecule has 1 N–H and O–H groups in total. The molecule has 1 aliphatic heterocycles. The van der Waals surface area contributed by atoms with E-state index < -0.39 is 11.8 Å². The number of halogens is 2. The molecular weight excluding hydrogens is 367 g/mol. The van der Waals surface area contributed by atoms with Crippen molar-refractivity contribution in [3.05, 3.63) is 58.5 Å². The summed E-state index contributed by atoms with van der Waals surface area (Å²) in [6.45, 7) is 3.42. The van der Waals surface area contributed by atoms with Crippen LogP contribution in [0.4, 0.5) is 10.1 Å². The predicted octanol–water partition coefficient (Wildman–Crippen LogP) is 5.42. The van der Waals surface area contributed by atoms with Crippen molar-refractivity contribution >= 4 is 34.2 Å². The van der Waals surface area contributed by atoms with Crippen LogP contribution in [0.3, 0.4) is 0 Å². The first-order valence-electron chi connectivity index (χ1n) is 9.06. The topological polar surface area (TPSA) is 45.5 Å². The molecule has 140 valence electrons. The lowest BCUT2D eigenvalue weighted by molar-refractivity contribution is 0.0689. The zero-order valence-corrected chi connectivity index (χ0v) is 15.8. The largest absolute Gasteiger partial charge is 0.476 e. The highest BCUT2D eigenvalue weighted by Crippen LogP contribution is 2.42. The zero-order chi connectivity index (χ0) is 19.1. The molecule has 0 bridgehead atoms. The maximum Gasteiger partial charge on any atom is 0.355 e. The molecule has 1 aromatic heterocycles. The molecule has 0 unspecified atom stereocenters. The smallest absolute Gasteiger partial charge is 0.355 e. The number of nitrogens with zero attached hydrogens (tertiary/aromatic N) is 2. The third-order valence-electron chi connectivity index (χ3n) is 5.13. The molecule has 4 rings (SSSR count). The summed E-state index contributed by atoms with van der Waals surface area (Å²) in [6.07, 6.45) is 3.06. The van der Waals surface area contributed by atoms with E-state index >= 15 is 0 Å². The van der Waals surface area contributed by atoms with Crippen molar-refractivity contribution in [2.75, 3.05) is 18.0 Å². The first-order chi connectivity index (χ1) is 13.0. The van der Waals surface area contributed by atoms with Crippen molar-refractivity contribution in [2.45, 2.75) is 26.2 Å². The van der Waals surface area contributed by atoms with Crippen LogP contribution in [0.1, 0.15) is 35.3 Å². The van der Waals surface area contributed by atoms with Gasteiger partial charge < -0.3 is 14.6 Å². The Kier molecular flexibility index (Phi) is 4.56. The molecule has 0 spiro atoms. The SMILES string of the molecule is Cc1cccc(-n2c(C(=O)O)c(N3CCCCC3)c3c(Cl)c(F)ccc32)c1. The Morgan fingerprint density at radius 1 is 1.15 bits per heavy atom. The summed E-state index contributed by atoms with van der Waals surface area (Å²) in [7, 11) is 0. The standard InChI is InChI=1S/C21H20ClFN2O2/c1-13-6-5-7-14(12-13)25-16-9-8-15(23)18(22)17(16)19(20(25)21(26)27)24-10-3-2-4-11-24/h5-9,12H,2-4,10-11H2,1H3,(H,26,27). The number of anilines is 1. The summed E-state index contributed by atoms with van der Waals surface area (Å²) in [5.74, 6) is -1.59. The number of aryl methyl sites for hydroxylation is 1. The van der Waals surface area contributed by atoms with Crippen molar-refractivity contribution < 1.29 is 14.3 Å². The lowest BCUT2D eigenvalue weighted by Crippen LogP contribution is -2.30. The Morgan fingerprint density at radius 2 is 1.89 bits per heavy atom. The Morgan fingerprint density at radius 3 is 2.56 bits per heavy atom. The molecule has 3 aromatic rings. The number of fused-ring (bicyclic) bond motifs is 1. The number of piperidine rings is 1. The highest BCUT2D eigenvalue weighted by molar-refractivity contribution is 6.37. The predicted molar refractivity (Wildman–Crippen MR) is 106 cm³/mol. The average Bonchev–Trinajstić information content (AvgIpc) is 3.01. The van der Waals surface area contributed by atoms with Crippen LogP contribution >= 0.6 is 11.6 Å². The Bertz CT molecular complexity index is 1040. The van der Waals surface area contributed by atoms with Crippen LogP contribution < -0.4 is 4.90 Å². The lowest BCUT2D eigenvalue weighted by Gasteiger charge is -2.29. The minimum absolute atomic E-state index is 0.0259. The number of rotatable bonds is 3. The van der Waals surface area contributed by atoms with E-state index in [2.05, 4.69) is 0 Å². The number of benzene rings is 2. The van der Waals surface area contributed by atoms with Crippen LogP contribution in [0, 0.1) is 12.7 Å². The molecule has 2 aromatic carbocycles. The molecule has 1 fully saturated rings. The van der Waals surface area contributed by atoms with Crippen LogP contribution in [0.5, 0.6) is 0 Å². The number of hydrogen-bond donors (Lipinski definition) is 1. The van der Waals surface area contributed by atoms with Crippen LogP contribution in [0.15, 0.2) is 36.4 Å². The van der Waals surface area contributed by atoms with Gasteiger partial charge in [0.05, 0.1) is 16.2 Å². The van der Waals surface area contributed by atoms with Gasteiger partial charge in [-0.2, -0.15) is 0 Å². The number of aromatic carboxylic acids is 1. The summed E-state index contributed by atoms with van der Waals surface area (Å²) < 4.78 is 16.0. The van der Waals surface area contributed by atoms with Crippen LogP contribution in [0.2, 0.25) is 5.02 Å². The number of carboxylic acid groups (broad SMARTS) is 1. The number of hydrogen-bond acceptors (Lipinski definition) is 2. The van der Waals surface area contributed by atoms with Crippen LogP contribution in [-0.4, -0.2) is 28.7 Å². The van der Waals surface area contributed by atoms with E-state index in [0.29, 0.717) is 16.6 Å². The molecule has 0 saturated carbocycles. The normalized spacial score (nSPS) is 14.7. The molecule has 27 heavy (non-hydrogen) atoms. The molecule has 1 aliphatic rings. The van der Waals surface area contributed by atoms with Gasteiger partial charge in [0.25, 0.3) is 0 Å². The number of aromatic nitrogens is 1. The minimum atomic E-state index is -1.05. The zero-order valence-electron chi connectivity index (χ0n) is 15.0. The Labute approximate surface area is 161 Å². The molecule has 4 nitrogen and oxygen atoms in total. The molecule has 0 aliphatic carbocycles. The lowest BCUT2D eigenvalue weighted by atomic mass is 10.1. The summed E-state index contributed by atoms with van der Waals surface area (Å²) in [4.78, 5) is 14.4. The average molecular weight is 387 g/mol. The van der Waals surface area contributed by atoms with E-state index in [1.165, 1.54) is 6.07 Å². The van der Waals surface area contributed by atoms with Gasteiger partial charge in [-0.3, -0.25) is 0 Å².